The van der Waals surface area contributed by atoms with E-state index in [4.69, 9.17) is 0 Å². The molecule has 18 heavy (non-hydrogen) atoms. The number of benzene rings is 1. The summed E-state index contributed by atoms with van der Waals surface area (Å²) in [5, 5.41) is 21.0. The van der Waals surface area contributed by atoms with Crippen molar-refractivity contribution in [3.05, 3.63) is 52.6 Å². The monoisotopic (exact) mass is 244 g/mol. The minimum atomic E-state index is -1.80. The van der Waals surface area contributed by atoms with Crippen LogP contribution in [0.2, 0.25) is 0 Å². The maximum Gasteiger partial charge on any atom is 0.197 e. The van der Waals surface area contributed by atoms with Gasteiger partial charge in [-0.25, -0.2) is 0 Å². The van der Waals surface area contributed by atoms with Gasteiger partial charge in [-0.1, -0.05) is 42.8 Å². The van der Waals surface area contributed by atoms with Crippen LogP contribution >= 0.6 is 0 Å². The van der Waals surface area contributed by atoms with Gasteiger partial charge in [-0.15, -0.1) is 0 Å². The van der Waals surface area contributed by atoms with Crippen molar-refractivity contribution in [2.75, 3.05) is 0 Å². The third kappa shape index (κ3) is 1.82. The van der Waals surface area contributed by atoms with E-state index in [9.17, 15) is 10.2 Å². The van der Waals surface area contributed by atoms with E-state index in [2.05, 4.69) is 0 Å². The largest absolute Gasteiger partial charge is 0.361 e. The SMILES string of the molecule is CC1=C(C)C(C)C(O)(O)C(c2ccccc2)=C1C. The highest BCUT2D eigenvalue weighted by Crippen LogP contribution is 2.44. The van der Waals surface area contributed by atoms with Crippen molar-refractivity contribution >= 4 is 5.57 Å². The summed E-state index contributed by atoms with van der Waals surface area (Å²) in [6, 6.07) is 9.59. The van der Waals surface area contributed by atoms with Crippen LogP contribution < -0.4 is 0 Å². The molecule has 0 saturated heterocycles. The number of aliphatic hydroxyl groups is 2. The Bertz CT molecular complexity index is 521. The van der Waals surface area contributed by atoms with Gasteiger partial charge in [0, 0.05) is 11.5 Å². The summed E-state index contributed by atoms with van der Waals surface area (Å²) in [6.07, 6.45) is 0. The Hall–Kier alpha value is -1.38. The van der Waals surface area contributed by atoms with Crippen LogP contribution in [0.4, 0.5) is 0 Å². The molecule has 1 unspecified atom stereocenters. The molecule has 0 fully saturated rings. The van der Waals surface area contributed by atoms with Gasteiger partial charge in [-0.2, -0.15) is 0 Å². The van der Waals surface area contributed by atoms with Gasteiger partial charge < -0.3 is 10.2 Å². The topological polar surface area (TPSA) is 40.5 Å². The smallest absolute Gasteiger partial charge is 0.197 e. The Kier molecular flexibility index (Phi) is 3.18. The second-order valence-corrected chi connectivity index (χ2v) is 5.12. The molecular formula is C16H20O2. The summed E-state index contributed by atoms with van der Waals surface area (Å²) < 4.78 is 0. The molecule has 2 rings (SSSR count). The van der Waals surface area contributed by atoms with Crippen LogP contribution in [0.15, 0.2) is 47.1 Å². The lowest BCUT2D eigenvalue weighted by Gasteiger charge is -2.38. The summed E-state index contributed by atoms with van der Waals surface area (Å²) in [5.74, 6) is -2.09. The number of rotatable bonds is 1. The van der Waals surface area contributed by atoms with Gasteiger partial charge in [-0.3, -0.25) is 0 Å². The van der Waals surface area contributed by atoms with E-state index in [0.29, 0.717) is 5.57 Å². The predicted molar refractivity (Wildman–Crippen MR) is 73.7 cm³/mol. The molecule has 0 spiro atoms. The first kappa shape index (κ1) is 13.1. The van der Waals surface area contributed by atoms with Crippen LogP contribution in [0.1, 0.15) is 33.3 Å². The molecule has 0 aliphatic heterocycles. The van der Waals surface area contributed by atoms with Crippen molar-refractivity contribution in [3.8, 4) is 0 Å². The molecule has 1 aliphatic rings. The average molecular weight is 244 g/mol. The van der Waals surface area contributed by atoms with Gasteiger partial charge in [0.25, 0.3) is 0 Å². The lowest BCUT2D eigenvalue weighted by atomic mass is 9.74. The summed E-state index contributed by atoms with van der Waals surface area (Å²) in [4.78, 5) is 0. The summed E-state index contributed by atoms with van der Waals surface area (Å²) >= 11 is 0. The Balaban J connectivity index is 2.69. The fourth-order valence-electron chi connectivity index (χ4n) is 2.64. The molecule has 0 radical (unpaired) electrons. The zero-order valence-electron chi connectivity index (χ0n) is 11.4. The second-order valence-electron chi connectivity index (χ2n) is 5.12. The summed E-state index contributed by atoms with van der Waals surface area (Å²) in [6.45, 7) is 7.81. The van der Waals surface area contributed by atoms with Crippen molar-refractivity contribution in [3.63, 3.8) is 0 Å². The van der Waals surface area contributed by atoms with Crippen LogP contribution in [0.25, 0.3) is 5.57 Å². The average Bonchev–Trinajstić information content (AvgIpc) is 2.35. The standard InChI is InChI=1S/C16H20O2/c1-10-11(2)13(4)16(17,18)15(12(10)3)14-8-6-5-7-9-14/h5-9,13,17-18H,1-4H3. The summed E-state index contributed by atoms with van der Waals surface area (Å²) in [7, 11) is 0. The molecule has 1 aromatic carbocycles. The van der Waals surface area contributed by atoms with E-state index >= 15 is 0 Å². The first-order valence-electron chi connectivity index (χ1n) is 6.26. The van der Waals surface area contributed by atoms with Crippen LogP contribution in [0, 0.1) is 5.92 Å². The van der Waals surface area contributed by atoms with E-state index in [1.165, 1.54) is 0 Å². The van der Waals surface area contributed by atoms with Crippen molar-refractivity contribution < 1.29 is 10.2 Å². The maximum absolute atomic E-state index is 10.5. The quantitative estimate of drug-likeness (QED) is 0.745. The van der Waals surface area contributed by atoms with E-state index in [1.807, 2.05) is 58.0 Å². The molecule has 0 saturated carbocycles. The minimum Gasteiger partial charge on any atom is -0.361 e. The molecule has 1 aromatic rings. The molecule has 2 nitrogen and oxygen atoms in total. The highest BCUT2D eigenvalue weighted by Gasteiger charge is 2.41. The maximum atomic E-state index is 10.5. The molecule has 96 valence electrons. The van der Waals surface area contributed by atoms with Gasteiger partial charge in [0.05, 0.1) is 0 Å². The van der Waals surface area contributed by atoms with Crippen molar-refractivity contribution in [2.45, 2.75) is 33.5 Å². The van der Waals surface area contributed by atoms with E-state index in [1.54, 1.807) is 0 Å². The lowest BCUT2D eigenvalue weighted by Crippen LogP contribution is -2.41. The second kappa shape index (κ2) is 4.38. The predicted octanol–water partition coefficient (Wildman–Crippen LogP) is 3.13. The number of hydrogen-bond donors (Lipinski definition) is 2. The van der Waals surface area contributed by atoms with Crippen molar-refractivity contribution in [1.82, 2.24) is 0 Å². The van der Waals surface area contributed by atoms with Crippen LogP contribution in [0.3, 0.4) is 0 Å². The van der Waals surface area contributed by atoms with Crippen molar-refractivity contribution in [1.29, 1.82) is 0 Å². The molecule has 0 bridgehead atoms. The van der Waals surface area contributed by atoms with Gasteiger partial charge in [0.15, 0.2) is 5.79 Å². The van der Waals surface area contributed by atoms with E-state index in [0.717, 1.165) is 22.3 Å². The van der Waals surface area contributed by atoms with E-state index in [-0.39, 0.29) is 5.92 Å². The van der Waals surface area contributed by atoms with Crippen LogP contribution in [-0.4, -0.2) is 16.0 Å². The highest BCUT2D eigenvalue weighted by molar-refractivity contribution is 5.79. The third-order valence-electron chi connectivity index (χ3n) is 4.21. The first-order chi connectivity index (χ1) is 8.37. The molecule has 2 N–H and O–H groups in total. The zero-order valence-corrected chi connectivity index (χ0v) is 11.4. The Labute approximate surface area is 108 Å². The third-order valence-corrected chi connectivity index (χ3v) is 4.21. The van der Waals surface area contributed by atoms with E-state index < -0.39 is 5.79 Å². The number of hydrogen-bond acceptors (Lipinski definition) is 2. The molecule has 1 atom stereocenters. The zero-order chi connectivity index (χ0) is 13.5. The summed E-state index contributed by atoms with van der Waals surface area (Å²) in [5.41, 5.74) is 4.65. The van der Waals surface area contributed by atoms with Gasteiger partial charge in [0.2, 0.25) is 0 Å². The Morgan fingerprint density at radius 3 is 2.06 bits per heavy atom. The van der Waals surface area contributed by atoms with Gasteiger partial charge in [-0.05, 0) is 37.5 Å². The Morgan fingerprint density at radius 1 is 0.944 bits per heavy atom. The lowest BCUT2D eigenvalue weighted by molar-refractivity contribution is -0.137. The van der Waals surface area contributed by atoms with Gasteiger partial charge >= 0.3 is 0 Å². The molecule has 0 aromatic heterocycles. The molecule has 0 heterocycles. The van der Waals surface area contributed by atoms with Gasteiger partial charge in [0.1, 0.15) is 0 Å². The van der Waals surface area contributed by atoms with Crippen LogP contribution in [-0.2, 0) is 0 Å². The van der Waals surface area contributed by atoms with Crippen molar-refractivity contribution in [2.24, 2.45) is 5.92 Å². The molecule has 1 aliphatic carbocycles. The fraction of sp³-hybridized carbons (Fsp3) is 0.375. The Morgan fingerprint density at radius 2 is 1.50 bits per heavy atom. The highest BCUT2D eigenvalue weighted by atomic mass is 16.5. The van der Waals surface area contributed by atoms with Crippen LogP contribution in [0.5, 0.6) is 0 Å². The normalized spacial score (nSPS) is 23.6. The fourth-order valence-corrected chi connectivity index (χ4v) is 2.64. The number of allylic oxidation sites excluding steroid dienone is 2. The molecule has 0 amide bonds. The minimum absolute atomic E-state index is 0.295. The molecule has 2 heteroatoms. The first-order valence-corrected chi connectivity index (χ1v) is 6.26. The molecular weight excluding hydrogens is 224 g/mol.